The first-order valence-corrected chi connectivity index (χ1v) is 5.24. The first-order chi connectivity index (χ1) is 7.38. The zero-order valence-corrected chi connectivity index (χ0v) is 10.2. The fourth-order valence-corrected chi connectivity index (χ4v) is 1.39. The van der Waals surface area contributed by atoms with Crippen molar-refractivity contribution in [2.75, 3.05) is 26.7 Å². The third-order valence-corrected chi connectivity index (χ3v) is 1.92. The lowest BCUT2D eigenvalue weighted by Crippen LogP contribution is -2.44. The van der Waals surface area contributed by atoms with Gasteiger partial charge in [-0.1, -0.05) is 19.1 Å². The number of hydrogen-bond acceptors (Lipinski definition) is 2. The number of likely N-dealkylation sites (N-methyl/N-ethyl adjacent to an activating group) is 1. The monoisotopic (exact) mass is 228 g/mol. The molecular formula is C11H20N2O3. The number of rotatable bonds is 6. The van der Waals surface area contributed by atoms with E-state index in [1.54, 1.807) is 7.05 Å². The van der Waals surface area contributed by atoms with E-state index in [9.17, 15) is 9.59 Å². The number of amides is 2. The van der Waals surface area contributed by atoms with E-state index in [-0.39, 0.29) is 12.6 Å². The molecule has 5 nitrogen and oxygen atoms in total. The minimum Gasteiger partial charge on any atom is -0.480 e. The van der Waals surface area contributed by atoms with Crippen LogP contribution in [0.25, 0.3) is 0 Å². The van der Waals surface area contributed by atoms with Crippen LogP contribution in [0.15, 0.2) is 12.2 Å². The van der Waals surface area contributed by atoms with Gasteiger partial charge in [0.1, 0.15) is 6.54 Å². The predicted octanol–water partition coefficient (Wildman–Crippen LogP) is 1.41. The molecule has 0 saturated heterocycles. The Labute approximate surface area is 96.3 Å². The zero-order valence-electron chi connectivity index (χ0n) is 10.2. The summed E-state index contributed by atoms with van der Waals surface area (Å²) in [5, 5.41) is 8.69. The Hall–Kier alpha value is -1.52. The molecule has 0 heterocycles. The van der Waals surface area contributed by atoms with Gasteiger partial charge in [0.05, 0.1) is 0 Å². The van der Waals surface area contributed by atoms with Crippen LogP contribution in [0.4, 0.5) is 4.79 Å². The molecule has 0 radical (unpaired) electrons. The second-order valence-corrected chi connectivity index (χ2v) is 3.91. The Kier molecular flexibility index (Phi) is 6.22. The molecule has 2 amide bonds. The fourth-order valence-electron chi connectivity index (χ4n) is 1.39. The molecule has 0 aromatic rings. The van der Waals surface area contributed by atoms with E-state index >= 15 is 0 Å². The molecule has 0 spiro atoms. The summed E-state index contributed by atoms with van der Waals surface area (Å²) in [6.07, 6.45) is 0.736. The maximum Gasteiger partial charge on any atom is 0.323 e. The quantitative estimate of drug-likeness (QED) is 0.699. The average molecular weight is 228 g/mol. The topological polar surface area (TPSA) is 60.9 Å². The van der Waals surface area contributed by atoms with Crippen molar-refractivity contribution in [1.82, 2.24) is 9.80 Å². The summed E-state index contributed by atoms with van der Waals surface area (Å²) in [5.41, 5.74) is 0.864. The normalized spacial score (nSPS) is 9.69. The first-order valence-electron chi connectivity index (χ1n) is 5.24. The van der Waals surface area contributed by atoms with Gasteiger partial charge in [-0.05, 0) is 13.3 Å². The van der Waals surface area contributed by atoms with Crippen molar-refractivity contribution in [3.05, 3.63) is 12.2 Å². The summed E-state index contributed by atoms with van der Waals surface area (Å²) in [5.74, 6) is -0.995. The van der Waals surface area contributed by atoms with Crippen molar-refractivity contribution >= 4 is 12.0 Å². The van der Waals surface area contributed by atoms with E-state index in [2.05, 4.69) is 6.58 Å². The summed E-state index contributed by atoms with van der Waals surface area (Å²) in [4.78, 5) is 25.3. The Balaban J connectivity index is 4.46. The van der Waals surface area contributed by atoms with Gasteiger partial charge in [0.15, 0.2) is 0 Å². The molecule has 16 heavy (non-hydrogen) atoms. The van der Waals surface area contributed by atoms with Gasteiger partial charge in [-0.15, -0.1) is 0 Å². The van der Waals surface area contributed by atoms with Crippen LogP contribution in [0.2, 0.25) is 0 Å². The van der Waals surface area contributed by atoms with E-state index in [1.807, 2.05) is 13.8 Å². The summed E-state index contributed by atoms with van der Waals surface area (Å²) in [7, 11) is 1.64. The number of nitrogens with zero attached hydrogens (tertiary/aromatic N) is 2. The van der Waals surface area contributed by atoms with E-state index < -0.39 is 5.97 Å². The largest absolute Gasteiger partial charge is 0.480 e. The van der Waals surface area contributed by atoms with Crippen molar-refractivity contribution in [3.63, 3.8) is 0 Å². The van der Waals surface area contributed by atoms with E-state index in [4.69, 9.17) is 5.11 Å². The van der Waals surface area contributed by atoms with Crippen molar-refractivity contribution in [2.45, 2.75) is 20.3 Å². The van der Waals surface area contributed by atoms with E-state index in [0.717, 1.165) is 12.0 Å². The van der Waals surface area contributed by atoms with Crippen LogP contribution in [-0.2, 0) is 4.79 Å². The predicted molar refractivity (Wildman–Crippen MR) is 62.3 cm³/mol. The van der Waals surface area contributed by atoms with Gasteiger partial charge in [0.25, 0.3) is 0 Å². The number of hydrogen-bond donors (Lipinski definition) is 1. The van der Waals surface area contributed by atoms with Gasteiger partial charge >= 0.3 is 12.0 Å². The van der Waals surface area contributed by atoms with Gasteiger partial charge in [0, 0.05) is 20.1 Å². The lowest BCUT2D eigenvalue weighted by molar-refractivity contribution is -0.137. The minimum absolute atomic E-state index is 0.257. The maximum absolute atomic E-state index is 11.9. The highest BCUT2D eigenvalue weighted by molar-refractivity contribution is 5.80. The van der Waals surface area contributed by atoms with Crippen LogP contribution in [0, 0.1) is 0 Å². The second kappa shape index (κ2) is 6.87. The van der Waals surface area contributed by atoms with Crippen LogP contribution in [0.3, 0.4) is 0 Å². The Morgan fingerprint density at radius 1 is 1.31 bits per heavy atom. The number of carbonyl (C=O) groups excluding carboxylic acids is 1. The van der Waals surface area contributed by atoms with Crippen LogP contribution in [0.1, 0.15) is 20.3 Å². The highest BCUT2D eigenvalue weighted by Gasteiger charge is 2.19. The maximum atomic E-state index is 11.9. The van der Waals surface area contributed by atoms with Crippen molar-refractivity contribution in [1.29, 1.82) is 0 Å². The lowest BCUT2D eigenvalue weighted by Gasteiger charge is -2.26. The first kappa shape index (κ1) is 14.5. The molecular weight excluding hydrogens is 208 g/mol. The Bertz CT molecular complexity index is 276. The molecule has 0 aliphatic heterocycles. The molecule has 0 aliphatic rings. The molecule has 0 atom stereocenters. The molecule has 92 valence electrons. The molecule has 5 heteroatoms. The number of carboxylic acids is 1. The number of carbonyl (C=O) groups is 2. The zero-order chi connectivity index (χ0) is 12.7. The molecule has 0 bridgehead atoms. The highest BCUT2D eigenvalue weighted by atomic mass is 16.4. The number of urea groups is 1. The minimum atomic E-state index is -0.995. The third kappa shape index (κ3) is 5.38. The summed E-state index contributed by atoms with van der Waals surface area (Å²) >= 11 is 0. The molecule has 0 aliphatic carbocycles. The Morgan fingerprint density at radius 3 is 2.25 bits per heavy atom. The third-order valence-electron chi connectivity index (χ3n) is 1.92. The number of aliphatic carboxylic acids is 1. The van der Waals surface area contributed by atoms with E-state index in [1.165, 1.54) is 9.80 Å². The molecule has 0 aromatic heterocycles. The van der Waals surface area contributed by atoms with Gasteiger partial charge in [-0.3, -0.25) is 4.79 Å². The summed E-state index contributed by atoms with van der Waals surface area (Å²) in [6, 6.07) is -0.271. The van der Waals surface area contributed by atoms with Crippen molar-refractivity contribution in [2.24, 2.45) is 0 Å². The van der Waals surface area contributed by atoms with Gasteiger partial charge in [-0.25, -0.2) is 4.79 Å². The number of carboxylic acid groups (broad SMARTS) is 1. The van der Waals surface area contributed by atoms with Gasteiger partial charge < -0.3 is 14.9 Å². The van der Waals surface area contributed by atoms with Crippen molar-refractivity contribution < 1.29 is 14.7 Å². The van der Waals surface area contributed by atoms with Crippen LogP contribution < -0.4 is 0 Å². The molecule has 0 saturated carbocycles. The molecule has 0 rings (SSSR count). The second-order valence-electron chi connectivity index (χ2n) is 3.91. The van der Waals surface area contributed by atoms with Crippen LogP contribution in [0.5, 0.6) is 0 Å². The van der Waals surface area contributed by atoms with Gasteiger partial charge in [0.2, 0.25) is 0 Å². The molecule has 1 N–H and O–H groups in total. The molecule has 0 unspecified atom stereocenters. The highest BCUT2D eigenvalue weighted by Crippen LogP contribution is 2.01. The Morgan fingerprint density at radius 2 is 1.88 bits per heavy atom. The lowest BCUT2D eigenvalue weighted by atomic mass is 10.3. The summed E-state index contributed by atoms with van der Waals surface area (Å²) < 4.78 is 0. The standard InChI is InChI=1S/C11H20N2O3/c1-5-6-13(8-10(14)15)11(16)12(4)7-9(2)3/h2,5-8H2,1,3-4H3,(H,14,15). The summed E-state index contributed by atoms with van der Waals surface area (Å²) in [6.45, 7) is 8.08. The van der Waals surface area contributed by atoms with Gasteiger partial charge in [-0.2, -0.15) is 0 Å². The van der Waals surface area contributed by atoms with Crippen LogP contribution >= 0.6 is 0 Å². The SMILES string of the molecule is C=C(C)CN(C)C(=O)N(CCC)CC(=O)O. The fraction of sp³-hybridized carbons (Fsp3) is 0.636. The van der Waals surface area contributed by atoms with E-state index in [0.29, 0.717) is 13.1 Å². The smallest absolute Gasteiger partial charge is 0.323 e. The van der Waals surface area contributed by atoms with Crippen LogP contribution in [-0.4, -0.2) is 53.6 Å². The molecule has 0 aromatic carbocycles. The molecule has 0 fully saturated rings. The van der Waals surface area contributed by atoms with Crippen molar-refractivity contribution in [3.8, 4) is 0 Å². The average Bonchev–Trinajstić information content (AvgIpc) is 2.14.